The van der Waals surface area contributed by atoms with Crippen molar-refractivity contribution in [3.8, 4) is 0 Å². The summed E-state index contributed by atoms with van der Waals surface area (Å²) in [6, 6.07) is 7.62. The van der Waals surface area contributed by atoms with E-state index in [1.165, 1.54) is 17.7 Å². The number of likely N-dealkylation sites (tertiary alicyclic amines) is 1. The van der Waals surface area contributed by atoms with Crippen LogP contribution in [0.15, 0.2) is 24.3 Å². The zero-order valence-corrected chi connectivity index (χ0v) is 15.4. The highest BCUT2D eigenvalue weighted by molar-refractivity contribution is 7.15. The number of amides is 1. The molecule has 1 saturated heterocycles. The van der Waals surface area contributed by atoms with E-state index in [0.29, 0.717) is 10.7 Å². The summed E-state index contributed by atoms with van der Waals surface area (Å²) in [5.74, 6) is 0.749. The Morgan fingerprint density at radius 1 is 1.33 bits per heavy atom. The van der Waals surface area contributed by atoms with Crippen molar-refractivity contribution in [3.05, 3.63) is 46.0 Å². The fourth-order valence-electron chi connectivity index (χ4n) is 3.01. The molecule has 1 aromatic carbocycles. The van der Waals surface area contributed by atoms with Gasteiger partial charge in [0.2, 0.25) is 0 Å². The molecule has 1 N–H and O–H groups in total. The van der Waals surface area contributed by atoms with Crippen molar-refractivity contribution in [2.24, 2.45) is 5.92 Å². The number of hydrogen-bond donors (Lipinski definition) is 1. The highest BCUT2D eigenvalue weighted by Crippen LogP contribution is 2.26. The fraction of sp³-hybridized carbons (Fsp3) is 0.474. The summed E-state index contributed by atoms with van der Waals surface area (Å²) in [7, 11) is 0. The number of thiazole rings is 1. The van der Waals surface area contributed by atoms with Crippen molar-refractivity contribution in [1.82, 2.24) is 9.88 Å². The Morgan fingerprint density at radius 3 is 2.79 bits per heavy atom. The molecule has 0 aliphatic carbocycles. The molecule has 2 aromatic rings. The molecule has 2 heterocycles. The number of carbonyl (C=O) groups is 1. The molecule has 1 fully saturated rings. The van der Waals surface area contributed by atoms with E-state index in [4.69, 9.17) is 0 Å². The summed E-state index contributed by atoms with van der Waals surface area (Å²) in [6.07, 6.45) is 2.55. The van der Waals surface area contributed by atoms with Gasteiger partial charge in [-0.25, -0.2) is 4.98 Å². The summed E-state index contributed by atoms with van der Waals surface area (Å²) in [5.41, 5.74) is 2.78. The Labute approximate surface area is 147 Å². The van der Waals surface area contributed by atoms with Crippen LogP contribution in [0.5, 0.6) is 0 Å². The van der Waals surface area contributed by atoms with Crippen LogP contribution in [0.25, 0.3) is 0 Å². The van der Waals surface area contributed by atoms with Gasteiger partial charge in [0, 0.05) is 17.0 Å². The predicted molar refractivity (Wildman–Crippen MR) is 99.7 cm³/mol. The summed E-state index contributed by atoms with van der Waals surface area (Å²) >= 11 is 1.60. The number of anilines is 1. The largest absolute Gasteiger partial charge is 0.298 e. The van der Waals surface area contributed by atoms with Gasteiger partial charge in [-0.15, -0.1) is 11.3 Å². The predicted octanol–water partition coefficient (Wildman–Crippen LogP) is 4.24. The van der Waals surface area contributed by atoms with Gasteiger partial charge < -0.3 is 0 Å². The molecule has 128 valence electrons. The molecular formula is C19H25N3OS. The maximum Gasteiger partial charge on any atom is 0.257 e. The van der Waals surface area contributed by atoms with Crippen molar-refractivity contribution in [1.29, 1.82) is 0 Å². The Balaban J connectivity index is 1.64. The number of aromatic nitrogens is 1. The number of rotatable bonds is 4. The van der Waals surface area contributed by atoms with E-state index in [1.807, 2.05) is 38.1 Å². The average Bonchev–Trinajstić information content (AvgIpc) is 2.89. The number of hydrogen-bond acceptors (Lipinski definition) is 4. The lowest BCUT2D eigenvalue weighted by molar-refractivity contribution is 0.102. The van der Waals surface area contributed by atoms with Crippen LogP contribution in [-0.2, 0) is 6.54 Å². The number of nitrogens with one attached hydrogen (secondary N) is 1. The average molecular weight is 343 g/mol. The van der Waals surface area contributed by atoms with Gasteiger partial charge in [0.15, 0.2) is 5.13 Å². The van der Waals surface area contributed by atoms with Gasteiger partial charge in [-0.05, 0) is 57.8 Å². The van der Waals surface area contributed by atoms with Gasteiger partial charge in [0.1, 0.15) is 0 Å². The van der Waals surface area contributed by atoms with Crippen LogP contribution in [0.2, 0.25) is 0 Å². The molecule has 1 aliphatic heterocycles. The van der Waals surface area contributed by atoms with Gasteiger partial charge >= 0.3 is 0 Å². The molecule has 0 unspecified atom stereocenters. The molecule has 0 saturated carbocycles. The topological polar surface area (TPSA) is 45.2 Å². The lowest BCUT2D eigenvalue weighted by atomic mass is 9.99. The number of piperidine rings is 1. The zero-order valence-electron chi connectivity index (χ0n) is 14.6. The minimum atomic E-state index is -0.0919. The second kappa shape index (κ2) is 7.45. The van der Waals surface area contributed by atoms with Crippen molar-refractivity contribution >= 4 is 22.4 Å². The Morgan fingerprint density at radius 2 is 2.08 bits per heavy atom. The fourth-order valence-corrected chi connectivity index (χ4v) is 4.01. The first-order chi connectivity index (χ1) is 11.5. The van der Waals surface area contributed by atoms with Gasteiger partial charge in [-0.3, -0.25) is 15.0 Å². The van der Waals surface area contributed by atoms with Crippen molar-refractivity contribution < 1.29 is 4.79 Å². The van der Waals surface area contributed by atoms with E-state index >= 15 is 0 Å². The van der Waals surface area contributed by atoms with E-state index in [2.05, 4.69) is 22.1 Å². The molecule has 3 rings (SSSR count). The van der Waals surface area contributed by atoms with Crippen LogP contribution < -0.4 is 5.32 Å². The molecule has 0 radical (unpaired) electrons. The van der Waals surface area contributed by atoms with Crippen LogP contribution in [0.3, 0.4) is 0 Å². The van der Waals surface area contributed by atoms with E-state index in [9.17, 15) is 4.79 Å². The smallest absolute Gasteiger partial charge is 0.257 e. The first-order valence-electron chi connectivity index (χ1n) is 8.58. The minimum Gasteiger partial charge on any atom is -0.298 e. The molecule has 4 nitrogen and oxygen atoms in total. The highest BCUT2D eigenvalue weighted by atomic mass is 32.1. The summed E-state index contributed by atoms with van der Waals surface area (Å²) < 4.78 is 0. The summed E-state index contributed by atoms with van der Waals surface area (Å²) in [6.45, 7) is 9.60. The quantitative estimate of drug-likeness (QED) is 0.903. The van der Waals surface area contributed by atoms with Gasteiger partial charge in [0.25, 0.3) is 5.91 Å². The maximum absolute atomic E-state index is 12.4. The second-order valence-electron chi connectivity index (χ2n) is 6.81. The third-order valence-corrected chi connectivity index (χ3v) is 5.69. The SMILES string of the molecule is Cc1cccc(C(=O)Nc2nc(C)c(CN3CCC(C)CC3)s2)c1. The normalized spacial score (nSPS) is 16.3. The van der Waals surface area contributed by atoms with E-state index in [1.54, 1.807) is 11.3 Å². The molecule has 1 amide bonds. The van der Waals surface area contributed by atoms with Crippen molar-refractivity contribution in [2.45, 2.75) is 40.2 Å². The lowest BCUT2D eigenvalue weighted by Crippen LogP contribution is -2.32. The van der Waals surface area contributed by atoms with Gasteiger partial charge in [-0.2, -0.15) is 0 Å². The zero-order chi connectivity index (χ0) is 17.1. The Bertz CT molecular complexity index is 717. The standard InChI is InChI=1S/C19H25N3OS/c1-13-7-9-22(10-8-13)12-17-15(3)20-19(24-17)21-18(23)16-6-4-5-14(2)11-16/h4-6,11,13H,7-10,12H2,1-3H3,(H,20,21,23). The van der Waals surface area contributed by atoms with E-state index in [-0.39, 0.29) is 5.91 Å². The molecule has 0 atom stereocenters. The van der Waals surface area contributed by atoms with Gasteiger partial charge in [0.05, 0.1) is 5.69 Å². The number of benzene rings is 1. The van der Waals surface area contributed by atoms with Crippen LogP contribution in [0.1, 0.15) is 46.3 Å². The summed E-state index contributed by atoms with van der Waals surface area (Å²) in [4.78, 5) is 20.6. The molecule has 1 aliphatic rings. The lowest BCUT2D eigenvalue weighted by Gasteiger charge is -2.29. The van der Waals surface area contributed by atoms with Crippen LogP contribution in [0.4, 0.5) is 5.13 Å². The minimum absolute atomic E-state index is 0.0919. The maximum atomic E-state index is 12.4. The molecule has 5 heteroatoms. The van der Waals surface area contributed by atoms with Crippen LogP contribution in [0, 0.1) is 19.8 Å². The summed E-state index contributed by atoms with van der Waals surface area (Å²) in [5, 5.41) is 3.63. The monoisotopic (exact) mass is 343 g/mol. The van der Waals surface area contributed by atoms with Crippen molar-refractivity contribution in [2.75, 3.05) is 18.4 Å². The first kappa shape index (κ1) is 17.1. The number of nitrogens with zero attached hydrogens (tertiary/aromatic N) is 2. The highest BCUT2D eigenvalue weighted by Gasteiger charge is 2.18. The third-order valence-electron chi connectivity index (χ3n) is 4.64. The Kier molecular flexibility index (Phi) is 5.31. The first-order valence-corrected chi connectivity index (χ1v) is 9.39. The van der Waals surface area contributed by atoms with Crippen LogP contribution >= 0.6 is 11.3 Å². The molecule has 1 aromatic heterocycles. The van der Waals surface area contributed by atoms with Crippen molar-refractivity contribution in [3.63, 3.8) is 0 Å². The molecular weight excluding hydrogens is 318 g/mol. The Hall–Kier alpha value is -1.72. The molecule has 0 spiro atoms. The van der Waals surface area contributed by atoms with Crippen LogP contribution in [-0.4, -0.2) is 28.9 Å². The second-order valence-corrected chi connectivity index (χ2v) is 7.89. The van der Waals surface area contributed by atoms with Gasteiger partial charge in [-0.1, -0.05) is 24.6 Å². The number of carbonyl (C=O) groups excluding carboxylic acids is 1. The van der Waals surface area contributed by atoms with E-state index < -0.39 is 0 Å². The molecule has 24 heavy (non-hydrogen) atoms. The molecule has 0 bridgehead atoms. The van der Waals surface area contributed by atoms with E-state index in [0.717, 1.165) is 36.8 Å². The third kappa shape index (κ3) is 4.22. The number of aryl methyl sites for hydroxylation is 2.